The number of rotatable bonds is 5. The van der Waals surface area contributed by atoms with Gasteiger partial charge in [0.2, 0.25) is 0 Å². The standard InChI is InChI=1S/C12H12ClNS4/c1-15-11-10(12(16-2)18-14-11)7-17-9-5-3-8(13)4-6-9/h3-6H,7H2,1-2H3. The second kappa shape index (κ2) is 7.10. The summed E-state index contributed by atoms with van der Waals surface area (Å²) in [7, 11) is 0. The molecule has 1 aromatic heterocycles. The molecule has 1 heterocycles. The summed E-state index contributed by atoms with van der Waals surface area (Å²) in [4.78, 5) is 1.24. The highest BCUT2D eigenvalue weighted by molar-refractivity contribution is 8.01. The van der Waals surface area contributed by atoms with Gasteiger partial charge < -0.3 is 0 Å². The molecule has 0 fully saturated rings. The van der Waals surface area contributed by atoms with Crippen molar-refractivity contribution in [2.45, 2.75) is 19.9 Å². The van der Waals surface area contributed by atoms with Gasteiger partial charge >= 0.3 is 0 Å². The molecule has 0 aliphatic heterocycles. The summed E-state index contributed by atoms with van der Waals surface area (Å²) in [5.74, 6) is 0.963. The minimum Gasteiger partial charge on any atom is -0.185 e. The topological polar surface area (TPSA) is 12.9 Å². The highest BCUT2D eigenvalue weighted by Gasteiger charge is 2.12. The number of hydrogen-bond acceptors (Lipinski definition) is 5. The van der Waals surface area contributed by atoms with Gasteiger partial charge in [0, 0.05) is 21.2 Å². The molecule has 2 rings (SSSR count). The Morgan fingerprint density at radius 2 is 1.89 bits per heavy atom. The molecule has 0 aliphatic carbocycles. The van der Waals surface area contributed by atoms with E-state index in [2.05, 4.69) is 29.0 Å². The fourth-order valence-electron chi connectivity index (χ4n) is 1.41. The van der Waals surface area contributed by atoms with Gasteiger partial charge in [0.25, 0.3) is 0 Å². The Balaban J connectivity index is 2.09. The summed E-state index contributed by atoms with van der Waals surface area (Å²) in [5, 5.41) is 1.94. The first-order valence-electron chi connectivity index (χ1n) is 5.19. The van der Waals surface area contributed by atoms with Crippen LogP contribution in [0.3, 0.4) is 0 Å². The third-order valence-electron chi connectivity index (χ3n) is 2.29. The maximum atomic E-state index is 5.88. The molecule has 0 N–H and O–H groups in total. The van der Waals surface area contributed by atoms with Gasteiger partial charge in [-0.2, -0.15) is 4.37 Å². The zero-order valence-corrected chi connectivity index (χ0v) is 14.0. The Hall–Kier alpha value is 0.190. The molecule has 2 aromatic rings. The van der Waals surface area contributed by atoms with Crippen LogP contribution in [0, 0.1) is 0 Å². The van der Waals surface area contributed by atoms with E-state index in [1.54, 1.807) is 35.1 Å². The van der Waals surface area contributed by atoms with Crippen molar-refractivity contribution in [2.24, 2.45) is 0 Å². The van der Waals surface area contributed by atoms with E-state index in [0.29, 0.717) is 0 Å². The van der Waals surface area contributed by atoms with Crippen molar-refractivity contribution in [1.82, 2.24) is 4.37 Å². The minimum absolute atomic E-state index is 0.783. The third kappa shape index (κ3) is 3.61. The van der Waals surface area contributed by atoms with Crippen LogP contribution in [0.25, 0.3) is 0 Å². The molecule has 0 bridgehead atoms. The SMILES string of the molecule is CSc1nsc(SC)c1CSc1ccc(Cl)cc1. The fourth-order valence-corrected chi connectivity index (χ4v) is 5.07. The molecule has 0 aliphatic rings. The van der Waals surface area contributed by atoms with Crippen LogP contribution in [0.15, 0.2) is 38.4 Å². The van der Waals surface area contributed by atoms with Gasteiger partial charge in [-0.05, 0) is 48.3 Å². The molecular weight excluding hydrogens is 322 g/mol. The van der Waals surface area contributed by atoms with Crippen molar-refractivity contribution < 1.29 is 0 Å². The Labute approximate surface area is 129 Å². The van der Waals surface area contributed by atoms with Gasteiger partial charge in [0.05, 0.1) is 4.21 Å². The van der Waals surface area contributed by atoms with E-state index in [-0.39, 0.29) is 0 Å². The molecule has 1 aromatic carbocycles. The number of aromatic nitrogens is 1. The van der Waals surface area contributed by atoms with E-state index >= 15 is 0 Å². The molecule has 1 nitrogen and oxygen atoms in total. The van der Waals surface area contributed by atoms with E-state index in [9.17, 15) is 0 Å². The van der Waals surface area contributed by atoms with Crippen molar-refractivity contribution in [3.63, 3.8) is 0 Å². The highest BCUT2D eigenvalue weighted by Crippen LogP contribution is 2.36. The molecule has 0 unspecified atom stereocenters. The van der Waals surface area contributed by atoms with Crippen LogP contribution in [-0.2, 0) is 5.75 Å². The van der Waals surface area contributed by atoms with Crippen LogP contribution in [0.5, 0.6) is 0 Å². The first-order valence-corrected chi connectivity index (χ1v) is 9.78. The summed E-state index contributed by atoms with van der Waals surface area (Å²) in [5.41, 5.74) is 1.36. The molecule has 0 radical (unpaired) electrons. The molecule has 0 amide bonds. The van der Waals surface area contributed by atoms with Crippen molar-refractivity contribution >= 4 is 58.4 Å². The zero-order chi connectivity index (χ0) is 13.0. The lowest BCUT2D eigenvalue weighted by atomic mass is 10.4. The second-order valence-corrected chi connectivity index (χ2v) is 7.53. The van der Waals surface area contributed by atoms with Crippen molar-refractivity contribution in [1.29, 1.82) is 0 Å². The Kier molecular flexibility index (Phi) is 5.76. The van der Waals surface area contributed by atoms with Crippen molar-refractivity contribution in [3.8, 4) is 0 Å². The third-order valence-corrected chi connectivity index (χ3v) is 6.45. The lowest BCUT2D eigenvalue weighted by molar-refractivity contribution is 1.16. The molecule has 0 saturated carbocycles. The van der Waals surface area contributed by atoms with E-state index in [1.165, 1.54) is 14.7 Å². The lowest BCUT2D eigenvalue weighted by Crippen LogP contribution is -1.83. The summed E-state index contributed by atoms with van der Waals surface area (Å²) in [6.07, 6.45) is 4.18. The first kappa shape index (κ1) is 14.6. The summed E-state index contributed by atoms with van der Waals surface area (Å²) < 4.78 is 5.80. The molecule has 0 atom stereocenters. The Morgan fingerprint density at radius 1 is 1.17 bits per heavy atom. The number of thioether (sulfide) groups is 3. The van der Waals surface area contributed by atoms with Crippen LogP contribution >= 0.6 is 58.4 Å². The molecular formula is C12H12ClNS4. The van der Waals surface area contributed by atoms with Crippen molar-refractivity contribution in [2.75, 3.05) is 12.5 Å². The Morgan fingerprint density at radius 3 is 2.50 bits per heavy atom. The van der Waals surface area contributed by atoms with Crippen LogP contribution in [0.4, 0.5) is 0 Å². The van der Waals surface area contributed by atoms with Gasteiger partial charge in [-0.3, -0.25) is 0 Å². The van der Waals surface area contributed by atoms with E-state index in [1.807, 2.05) is 23.9 Å². The maximum Gasteiger partial charge on any atom is 0.115 e. The predicted molar refractivity (Wildman–Crippen MR) is 86.7 cm³/mol. The van der Waals surface area contributed by atoms with Gasteiger partial charge in [-0.1, -0.05) is 11.6 Å². The number of nitrogens with zero attached hydrogens (tertiary/aromatic N) is 1. The number of halogens is 1. The first-order chi connectivity index (χ1) is 8.74. The summed E-state index contributed by atoms with van der Waals surface area (Å²) >= 11 is 12.8. The Bertz CT molecular complexity index is 488. The molecule has 18 heavy (non-hydrogen) atoms. The average Bonchev–Trinajstić information content (AvgIpc) is 2.80. The van der Waals surface area contributed by atoms with Crippen LogP contribution in [0.2, 0.25) is 5.02 Å². The lowest BCUT2D eigenvalue weighted by Gasteiger charge is -2.03. The molecule has 0 spiro atoms. The van der Waals surface area contributed by atoms with Crippen LogP contribution in [-0.4, -0.2) is 16.9 Å². The largest absolute Gasteiger partial charge is 0.185 e. The highest BCUT2D eigenvalue weighted by atomic mass is 35.5. The maximum absolute atomic E-state index is 5.88. The van der Waals surface area contributed by atoms with Gasteiger partial charge in [0.15, 0.2) is 0 Å². The summed E-state index contributed by atoms with van der Waals surface area (Å²) in [6, 6.07) is 7.98. The normalized spacial score (nSPS) is 10.8. The average molecular weight is 334 g/mol. The van der Waals surface area contributed by atoms with Crippen LogP contribution < -0.4 is 0 Å². The van der Waals surface area contributed by atoms with Gasteiger partial charge in [-0.15, -0.1) is 35.3 Å². The number of benzene rings is 1. The van der Waals surface area contributed by atoms with Gasteiger partial charge in [-0.25, -0.2) is 0 Å². The quantitative estimate of drug-likeness (QED) is 0.666. The fraction of sp³-hybridized carbons (Fsp3) is 0.250. The molecule has 0 saturated heterocycles. The predicted octanol–water partition coefficient (Wildman–Crippen LogP) is 5.53. The summed E-state index contributed by atoms with van der Waals surface area (Å²) in [6.45, 7) is 0. The minimum atomic E-state index is 0.783. The van der Waals surface area contributed by atoms with Crippen LogP contribution in [0.1, 0.15) is 5.56 Å². The monoisotopic (exact) mass is 333 g/mol. The number of hydrogen-bond donors (Lipinski definition) is 0. The zero-order valence-electron chi connectivity index (χ0n) is 9.97. The smallest absolute Gasteiger partial charge is 0.115 e. The molecule has 96 valence electrons. The van der Waals surface area contributed by atoms with E-state index in [4.69, 9.17) is 11.6 Å². The second-order valence-electron chi connectivity index (χ2n) is 3.40. The van der Waals surface area contributed by atoms with Gasteiger partial charge in [0.1, 0.15) is 5.03 Å². The van der Waals surface area contributed by atoms with Crippen molar-refractivity contribution in [3.05, 3.63) is 34.9 Å². The molecule has 6 heteroatoms. The van der Waals surface area contributed by atoms with E-state index in [0.717, 1.165) is 15.8 Å². The van der Waals surface area contributed by atoms with E-state index < -0.39 is 0 Å².